The van der Waals surface area contributed by atoms with Crippen molar-refractivity contribution in [3.63, 3.8) is 0 Å². The Bertz CT molecular complexity index is 645. The summed E-state index contributed by atoms with van der Waals surface area (Å²) in [5.74, 6) is -1.26. The zero-order chi connectivity index (χ0) is 18.1. The first-order chi connectivity index (χ1) is 11.4. The van der Waals surface area contributed by atoms with Crippen molar-refractivity contribution < 1.29 is 23.9 Å². The Morgan fingerprint density at radius 2 is 1.71 bits per heavy atom. The summed E-state index contributed by atoms with van der Waals surface area (Å²) in [5.41, 5.74) is 0.752. The van der Waals surface area contributed by atoms with E-state index in [1.165, 1.54) is 39.3 Å². The van der Waals surface area contributed by atoms with Crippen LogP contribution in [0.4, 0.5) is 5.69 Å². The molecule has 0 aromatic heterocycles. The number of hydrogen-bond donors (Lipinski definition) is 4. The fourth-order valence-electron chi connectivity index (χ4n) is 1.72. The molecule has 0 saturated heterocycles. The van der Waals surface area contributed by atoms with E-state index in [-0.39, 0.29) is 24.9 Å². The fourth-order valence-corrected chi connectivity index (χ4v) is 1.72. The van der Waals surface area contributed by atoms with Crippen LogP contribution in [0.3, 0.4) is 0 Å². The molecule has 1 aromatic rings. The summed E-state index contributed by atoms with van der Waals surface area (Å²) >= 11 is 0. The lowest BCUT2D eigenvalue weighted by molar-refractivity contribution is -0.126. The van der Waals surface area contributed by atoms with Crippen molar-refractivity contribution in [3.05, 3.63) is 23.8 Å². The van der Waals surface area contributed by atoms with Crippen LogP contribution >= 0.6 is 0 Å². The lowest BCUT2D eigenvalue weighted by atomic mass is 10.1. The van der Waals surface area contributed by atoms with Gasteiger partial charge in [0.05, 0.1) is 25.9 Å². The van der Waals surface area contributed by atoms with E-state index in [0.717, 1.165) is 0 Å². The maximum Gasteiger partial charge on any atom is 0.251 e. The van der Waals surface area contributed by atoms with Crippen LogP contribution in [0.5, 0.6) is 5.75 Å². The van der Waals surface area contributed by atoms with Crippen LogP contribution in [0.2, 0.25) is 0 Å². The van der Waals surface area contributed by atoms with Crippen LogP contribution in [0.25, 0.3) is 0 Å². The number of ether oxygens (including phenoxy) is 1. The van der Waals surface area contributed by atoms with Crippen molar-refractivity contribution in [3.8, 4) is 5.75 Å². The maximum absolute atomic E-state index is 11.9. The quantitative estimate of drug-likeness (QED) is 0.521. The Hall–Kier alpha value is -3.10. The molecule has 0 unspecified atom stereocenters. The molecule has 0 fully saturated rings. The Morgan fingerprint density at radius 1 is 1.04 bits per heavy atom. The SMILES string of the molecule is CNC(=O)c1ccc(NC(=O)CNC(=O)CNC(C)=O)c(OC)c1. The van der Waals surface area contributed by atoms with Gasteiger partial charge in [-0.25, -0.2) is 0 Å². The van der Waals surface area contributed by atoms with E-state index in [1.54, 1.807) is 0 Å². The smallest absolute Gasteiger partial charge is 0.251 e. The molecule has 24 heavy (non-hydrogen) atoms. The molecule has 0 aliphatic carbocycles. The second kappa shape index (κ2) is 9.13. The normalized spacial score (nSPS) is 9.62. The number of benzene rings is 1. The molecule has 0 heterocycles. The number of carbonyl (C=O) groups excluding carboxylic acids is 4. The number of carbonyl (C=O) groups is 4. The van der Waals surface area contributed by atoms with Gasteiger partial charge in [0.2, 0.25) is 17.7 Å². The van der Waals surface area contributed by atoms with E-state index in [2.05, 4.69) is 21.3 Å². The molecular weight excluding hydrogens is 316 g/mol. The molecule has 130 valence electrons. The van der Waals surface area contributed by atoms with Crippen molar-refractivity contribution in [1.29, 1.82) is 0 Å². The number of rotatable bonds is 7. The van der Waals surface area contributed by atoms with Crippen molar-refractivity contribution >= 4 is 29.3 Å². The third-order valence-electron chi connectivity index (χ3n) is 2.91. The minimum absolute atomic E-state index is 0.202. The summed E-state index contributed by atoms with van der Waals surface area (Å²) in [7, 11) is 2.92. The Balaban J connectivity index is 2.62. The highest BCUT2D eigenvalue weighted by Crippen LogP contribution is 2.25. The summed E-state index contributed by atoms with van der Waals surface area (Å²) in [4.78, 5) is 45.5. The van der Waals surface area contributed by atoms with E-state index in [0.29, 0.717) is 17.0 Å². The Kier molecular flexibility index (Phi) is 7.21. The van der Waals surface area contributed by atoms with Crippen LogP contribution < -0.4 is 26.0 Å². The molecule has 9 heteroatoms. The van der Waals surface area contributed by atoms with Gasteiger partial charge in [0.1, 0.15) is 5.75 Å². The number of anilines is 1. The van der Waals surface area contributed by atoms with E-state index >= 15 is 0 Å². The van der Waals surface area contributed by atoms with Gasteiger partial charge in [-0.3, -0.25) is 19.2 Å². The highest BCUT2D eigenvalue weighted by atomic mass is 16.5. The molecule has 4 amide bonds. The molecule has 0 atom stereocenters. The minimum atomic E-state index is -0.484. The van der Waals surface area contributed by atoms with E-state index in [9.17, 15) is 19.2 Å². The van der Waals surface area contributed by atoms with Gasteiger partial charge in [0, 0.05) is 19.5 Å². The fraction of sp³-hybridized carbons (Fsp3) is 0.333. The van der Waals surface area contributed by atoms with Crippen LogP contribution in [0, 0.1) is 0 Å². The monoisotopic (exact) mass is 336 g/mol. The minimum Gasteiger partial charge on any atom is -0.495 e. The van der Waals surface area contributed by atoms with Crippen molar-refractivity contribution in [2.45, 2.75) is 6.92 Å². The van der Waals surface area contributed by atoms with Crippen molar-refractivity contribution in [2.24, 2.45) is 0 Å². The van der Waals surface area contributed by atoms with Crippen molar-refractivity contribution in [1.82, 2.24) is 16.0 Å². The van der Waals surface area contributed by atoms with Crippen LogP contribution in [-0.2, 0) is 14.4 Å². The second-order valence-corrected chi connectivity index (χ2v) is 4.73. The number of nitrogens with one attached hydrogen (secondary N) is 4. The zero-order valence-electron chi connectivity index (χ0n) is 13.7. The average Bonchev–Trinajstić information content (AvgIpc) is 2.57. The van der Waals surface area contributed by atoms with E-state index < -0.39 is 11.8 Å². The standard InChI is InChI=1S/C15H20N4O5/c1-9(20)17-7-13(21)18-8-14(22)19-11-5-4-10(15(23)16-2)6-12(11)24-3/h4-6H,7-8H2,1-3H3,(H,16,23)(H,17,20)(H,18,21)(H,19,22). The molecule has 0 radical (unpaired) electrons. The first-order valence-corrected chi connectivity index (χ1v) is 7.08. The molecule has 1 aromatic carbocycles. The predicted octanol–water partition coefficient (Wildman–Crippen LogP) is -0.754. The van der Waals surface area contributed by atoms with Crippen molar-refractivity contribution in [2.75, 3.05) is 32.6 Å². The van der Waals surface area contributed by atoms with Gasteiger partial charge in [-0.05, 0) is 18.2 Å². The summed E-state index contributed by atoms with van der Waals surface area (Å²) in [6.07, 6.45) is 0. The third-order valence-corrected chi connectivity index (χ3v) is 2.91. The first kappa shape index (κ1) is 18.9. The molecule has 0 saturated carbocycles. The average molecular weight is 336 g/mol. The van der Waals surface area contributed by atoms with E-state index in [4.69, 9.17) is 4.74 Å². The third kappa shape index (κ3) is 5.95. The maximum atomic E-state index is 11.9. The molecule has 9 nitrogen and oxygen atoms in total. The van der Waals surface area contributed by atoms with Gasteiger partial charge in [0.25, 0.3) is 5.91 Å². The first-order valence-electron chi connectivity index (χ1n) is 7.08. The second-order valence-electron chi connectivity index (χ2n) is 4.73. The van der Waals surface area contributed by atoms with Crippen LogP contribution in [0.15, 0.2) is 18.2 Å². The zero-order valence-corrected chi connectivity index (χ0v) is 13.7. The number of methoxy groups -OCH3 is 1. The van der Waals surface area contributed by atoms with E-state index in [1.807, 2.05) is 0 Å². The van der Waals surface area contributed by atoms with Gasteiger partial charge in [-0.2, -0.15) is 0 Å². The molecule has 4 N–H and O–H groups in total. The molecule has 0 bridgehead atoms. The summed E-state index contributed by atoms with van der Waals surface area (Å²) in [6, 6.07) is 4.55. The molecule has 1 rings (SSSR count). The lowest BCUT2D eigenvalue weighted by Crippen LogP contribution is -2.39. The van der Waals surface area contributed by atoms with Gasteiger partial charge >= 0.3 is 0 Å². The molecular formula is C15H20N4O5. The summed E-state index contributed by atoms with van der Waals surface area (Å²) in [6.45, 7) is 0.820. The largest absolute Gasteiger partial charge is 0.495 e. The Morgan fingerprint density at radius 3 is 2.29 bits per heavy atom. The Labute approximate surface area is 139 Å². The summed E-state index contributed by atoms with van der Waals surface area (Å²) in [5, 5.41) is 9.74. The highest BCUT2D eigenvalue weighted by Gasteiger charge is 2.12. The lowest BCUT2D eigenvalue weighted by Gasteiger charge is -2.12. The van der Waals surface area contributed by atoms with Gasteiger partial charge in [0.15, 0.2) is 0 Å². The van der Waals surface area contributed by atoms with Gasteiger partial charge in [-0.15, -0.1) is 0 Å². The topological polar surface area (TPSA) is 126 Å². The van der Waals surface area contributed by atoms with Gasteiger partial charge in [-0.1, -0.05) is 0 Å². The summed E-state index contributed by atoms with van der Waals surface area (Å²) < 4.78 is 5.14. The molecule has 0 aliphatic rings. The van der Waals surface area contributed by atoms with Crippen LogP contribution in [0.1, 0.15) is 17.3 Å². The number of amides is 4. The number of hydrogen-bond acceptors (Lipinski definition) is 5. The highest BCUT2D eigenvalue weighted by molar-refractivity contribution is 5.98. The van der Waals surface area contributed by atoms with Gasteiger partial charge < -0.3 is 26.0 Å². The predicted molar refractivity (Wildman–Crippen MR) is 86.7 cm³/mol. The molecule has 0 spiro atoms. The molecule has 0 aliphatic heterocycles. The van der Waals surface area contributed by atoms with Crippen LogP contribution in [-0.4, -0.2) is 50.9 Å².